The summed E-state index contributed by atoms with van der Waals surface area (Å²) in [5, 5.41) is 0. The van der Waals surface area contributed by atoms with Crippen LogP contribution in [-0.2, 0) is 4.79 Å². The van der Waals surface area contributed by atoms with E-state index in [9.17, 15) is 4.79 Å². The van der Waals surface area contributed by atoms with Gasteiger partial charge in [-0.2, -0.15) is 11.8 Å². The van der Waals surface area contributed by atoms with Gasteiger partial charge in [-0.15, -0.1) is 0 Å². The second-order valence-electron chi connectivity index (χ2n) is 3.46. The van der Waals surface area contributed by atoms with Gasteiger partial charge < -0.3 is 0 Å². The van der Waals surface area contributed by atoms with Crippen molar-refractivity contribution in [1.29, 1.82) is 0 Å². The van der Waals surface area contributed by atoms with Crippen molar-refractivity contribution in [2.24, 2.45) is 5.92 Å². The molecule has 0 aromatic rings. The predicted octanol–water partition coefficient (Wildman–Crippen LogP) is 3.53. The molecule has 78 valence electrons. The summed E-state index contributed by atoms with van der Waals surface area (Å²) in [4.78, 5) is 11.6. The lowest BCUT2D eigenvalue weighted by atomic mass is 9.93. The molecule has 0 aromatic heterocycles. The highest BCUT2D eigenvalue weighted by Gasteiger charge is 2.14. The van der Waals surface area contributed by atoms with E-state index < -0.39 is 0 Å². The molecule has 0 heterocycles. The molecule has 0 rings (SSSR count). The molecule has 13 heavy (non-hydrogen) atoms. The SMILES string of the molecule is CCCCC(CC)C(=O)CCSC. The summed E-state index contributed by atoms with van der Waals surface area (Å²) in [5.74, 6) is 1.80. The second-order valence-corrected chi connectivity index (χ2v) is 4.44. The Labute approximate surface area is 86.7 Å². The van der Waals surface area contributed by atoms with Crippen molar-refractivity contribution in [3.05, 3.63) is 0 Å². The minimum absolute atomic E-state index is 0.340. The summed E-state index contributed by atoms with van der Waals surface area (Å²) < 4.78 is 0. The van der Waals surface area contributed by atoms with Crippen molar-refractivity contribution in [1.82, 2.24) is 0 Å². The van der Waals surface area contributed by atoms with Crippen molar-refractivity contribution >= 4 is 17.5 Å². The van der Waals surface area contributed by atoms with E-state index in [1.54, 1.807) is 11.8 Å². The summed E-state index contributed by atoms with van der Waals surface area (Å²) in [6, 6.07) is 0. The molecule has 1 atom stereocenters. The van der Waals surface area contributed by atoms with Crippen molar-refractivity contribution in [3.63, 3.8) is 0 Å². The van der Waals surface area contributed by atoms with E-state index in [2.05, 4.69) is 20.1 Å². The third kappa shape index (κ3) is 6.14. The van der Waals surface area contributed by atoms with Crippen molar-refractivity contribution in [2.75, 3.05) is 12.0 Å². The van der Waals surface area contributed by atoms with Gasteiger partial charge in [-0.3, -0.25) is 4.79 Å². The predicted molar refractivity (Wildman–Crippen MR) is 61.3 cm³/mol. The lowest BCUT2D eigenvalue weighted by Gasteiger charge is -2.12. The van der Waals surface area contributed by atoms with E-state index in [0.29, 0.717) is 11.7 Å². The Morgan fingerprint density at radius 1 is 1.38 bits per heavy atom. The highest BCUT2D eigenvalue weighted by atomic mass is 32.2. The minimum atomic E-state index is 0.340. The molecular formula is C11H22OS. The fourth-order valence-electron chi connectivity index (χ4n) is 1.45. The zero-order valence-electron chi connectivity index (χ0n) is 9.14. The molecule has 0 aromatic carbocycles. The number of rotatable bonds is 8. The summed E-state index contributed by atoms with van der Waals surface area (Å²) in [6.45, 7) is 4.30. The lowest BCUT2D eigenvalue weighted by molar-refractivity contribution is -0.122. The summed E-state index contributed by atoms with van der Waals surface area (Å²) in [6.07, 6.45) is 7.34. The van der Waals surface area contributed by atoms with Crippen LogP contribution in [0.5, 0.6) is 0 Å². The van der Waals surface area contributed by atoms with Crippen LogP contribution in [0.4, 0.5) is 0 Å². The van der Waals surface area contributed by atoms with Crippen LogP contribution >= 0.6 is 11.8 Å². The van der Waals surface area contributed by atoms with E-state index >= 15 is 0 Å². The highest BCUT2D eigenvalue weighted by Crippen LogP contribution is 2.16. The Kier molecular flexibility index (Phi) is 8.62. The van der Waals surface area contributed by atoms with Crippen LogP contribution in [0.15, 0.2) is 0 Å². The number of ketones is 1. The number of unbranched alkanes of at least 4 members (excludes halogenated alkanes) is 1. The Morgan fingerprint density at radius 2 is 2.08 bits per heavy atom. The molecule has 0 saturated carbocycles. The number of carbonyl (C=O) groups excluding carboxylic acids is 1. The molecular weight excluding hydrogens is 180 g/mol. The molecule has 0 aliphatic carbocycles. The monoisotopic (exact) mass is 202 g/mol. The molecule has 0 fully saturated rings. The van der Waals surface area contributed by atoms with E-state index in [-0.39, 0.29) is 0 Å². The fraction of sp³-hybridized carbons (Fsp3) is 0.909. The number of thioether (sulfide) groups is 1. The van der Waals surface area contributed by atoms with Crippen LogP contribution in [0.2, 0.25) is 0 Å². The van der Waals surface area contributed by atoms with Gasteiger partial charge >= 0.3 is 0 Å². The van der Waals surface area contributed by atoms with Gasteiger partial charge in [-0.1, -0.05) is 26.7 Å². The number of carbonyl (C=O) groups is 1. The van der Waals surface area contributed by atoms with Crippen LogP contribution in [0.3, 0.4) is 0 Å². The summed E-state index contributed by atoms with van der Waals surface area (Å²) >= 11 is 1.76. The van der Waals surface area contributed by atoms with Crippen LogP contribution < -0.4 is 0 Å². The second kappa shape index (κ2) is 8.61. The van der Waals surface area contributed by atoms with E-state index in [4.69, 9.17) is 0 Å². The average molecular weight is 202 g/mol. The zero-order valence-corrected chi connectivity index (χ0v) is 9.95. The normalized spacial score (nSPS) is 12.8. The van der Waals surface area contributed by atoms with Crippen LogP contribution in [0.1, 0.15) is 46.0 Å². The Morgan fingerprint density at radius 3 is 2.54 bits per heavy atom. The topological polar surface area (TPSA) is 17.1 Å². The molecule has 0 spiro atoms. The van der Waals surface area contributed by atoms with E-state index in [0.717, 1.165) is 25.0 Å². The van der Waals surface area contributed by atoms with Gasteiger partial charge in [-0.25, -0.2) is 0 Å². The maximum atomic E-state index is 11.6. The summed E-state index contributed by atoms with van der Waals surface area (Å²) in [7, 11) is 0. The molecule has 1 unspecified atom stereocenters. The van der Waals surface area contributed by atoms with Gasteiger partial charge in [0.1, 0.15) is 5.78 Å². The molecule has 0 N–H and O–H groups in total. The van der Waals surface area contributed by atoms with Crippen molar-refractivity contribution < 1.29 is 4.79 Å². The minimum Gasteiger partial charge on any atom is -0.299 e. The molecule has 0 radical (unpaired) electrons. The average Bonchev–Trinajstić information content (AvgIpc) is 2.16. The first kappa shape index (κ1) is 13.0. The van der Waals surface area contributed by atoms with Crippen molar-refractivity contribution in [3.8, 4) is 0 Å². The number of hydrogen-bond donors (Lipinski definition) is 0. The Bertz CT molecular complexity index is 134. The first-order valence-corrected chi connectivity index (χ1v) is 6.67. The van der Waals surface area contributed by atoms with Gasteiger partial charge in [0, 0.05) is 12.3 Å². The Balaban J connectivity index is 3.71. The van der Waals surface area contributed by atoms with Gasteiger partial charge in [0.05, 0.1) is 0 Å². The Hall–Kier alpha value is 0.0200. The zero-order chi connectivity index (χ0) is 10.1. The van der Waals surface area contributed by atoms with E-state index in [1.165, 1.54) is 12.8 Å². The molecule has 2 heteroatoms. The molecule has 0 aliphatic rings. The highest BCUT2D eigenvalue weighted by molar-refractivity contribution is 7.98. The summed E-state index contributed by atoms with van der Waals surface area (Å²) in [5.41, 5.74) is 0. The fourth-order valence-corrected chi connectivity index (χ4v) is 1.86. The van der Waals surface area contributed by atoms with Gasteiger partial charge in [-0.05, 0) is 24.9 Å². The maximum absolute atomic E-state index is 11.6. The molecule has 0 bridgehead atoms. The first-order chi connectivity index (χ1) is 6.26. The van der Waals surface area contributed by atoms with Crippen LogP contribution in [0.25, 0.3) is 0 Å². The lowest BCUT2D eigenvalue weighted by Crippen LogP contribution is -2.14. The number of Topliss-reactive ketones (excluding diaryl/α,β-unsaturated/α-hetero) is 1. The smallest absolute Gasteiger partial charge is 0.136 e. The van der Waals surface area contributed by atoms with Gasteiger partial charge in [0.25, 0.3) is 0 Å². The third-order valence-electron chi connectivity index (χ3n) is 2.41. The van der Waals surface area contributed by atoms with Crippen molar-refractivity contribution in [2.45, 2.75) is 46.0 Å². The quantitative estimate of drug-likeness (QED) is 0.599. The molecule has 0 amide bonds. The molecule has 1 nitrogen and oxygen atoms in total. The standard InChI is InChI=1S/C11H22OS/c1-4-6-7-10(5-2)11(12)8-9-13-3/h10H,4-9H2,1-3H3. The first-order valence-electron chi connectivity index (χ1n) is 5.27. The van der Waals surface area contributed by atoms with E-state index in [1.807, 2.05) is 0 Å². The van der Waals surface area contributed by atoms with Crippen LogP contribution in [0, 0.1) is 5.92 Å². The largest absolute Gasteiger partial charge is 0.299 e. The molecule has 0 aliphatic heterocycles. The molecule has 0 saturated heterocycles. The number of hydrogen-bond acceptors (Lipinski definition) is 2. The van der Waals surface area contributed by atoms with Gasteiger partial charge in [0.2, 0.25) is 0 Å². The maximum Gasteiger partial charge on any atom is 0.136 e. The van der Waals surface area contributed by atoms with Crippen LogP contribution in [-0.4, -0.2) is 17.8 Å². The third-order valence-corrected chi connectivity index (χ3v) is 3.02. The van der Waals surface area contributed by atoms with Gasteiger partial charge in [0.15, 0.2) is 0 Å².